The lowest BCUT2D eigenvalue weighted by molar-refractivity contribution is -0.383. The number of hydrogen-bond donors (Lipinski definition) is 2. The fraction of sp³-hybridized carbons (Fsp3) is 0.0625. The van der Waals surface area contributed by atoms with Gasteiger partial charge in [-0.2, -0.15) is 5.10 Å². The Balaban J connectivity index is 1.66. The molecular formula is C16H14N8O3. The zero-order valence-corrected chi connectivity index (χ0v) is 14.1. The molecule has 11 heteroatoms. The molecule has 0 spiro atoms. The fourth-order valence-electron chi connectivity index (χ4n) is 2.27. The number of carbonyl (C=O) groups is 1. The lowest BCUT2D eigenvalue weighted by Gasteiger charge is -2.03. The number of nitrogens with one attached hydrogen (secondary N) is 2. The second-order valence-electron chi connectivity index (χ2n) is 5.28. The Morgan fingerprint density at radius 3 is 2.67 bits per heavy atom. The molecule has 2 N–H and O–H groups in total. The van der Waals surface area contributed by atoms with Crippen molar-refractivity contribution in [1.29, 1.82) is 0 Å². The standard InChI is InChI=1S/C16H14N8O3/c1-17-14-7-2-11(8-15(14)24(26)27)9-18-20-16(25)12-3-5-13(6-4-12)23-10-19-21-22-23/h2-10,17H,1H3,(H,20,25)/b18-9+. The van der Waals surface area contributed by atoms with Crippen LogP contribution in [0, 0.1) is 10.1 Å². The van der Waals surface area contributed by atoms with Crippen molar-refractivity contribution in [3.63, 3.8) is 0 Å². The van der Waals surface area contributed by atoms with E-state index >= 15 is 0 Å². The molecular weight excluding hydrogens is 352 g/mol. The average molecular weight is 366 g/mol. The number of hydrazone groups is 1. The highest BCUT2D eigenvalue weighted by atomic mass is 16.6. The maximum absolute atomic E-state index is 12.1. The molecule has 0 saturated heterocycles. The quantitative estimate of drug-likeness (QED) is 0.381. The van der Waals surface area contributed by atoms with E-state index in [1.165, 1.54) is 23.3 Å². The number of hydrogen-bond acceptors (Lipinski definition) is 8. The minimum atomic E-state index is -0.492. The number of nitrogens with zero attached hydrogens (tertiary/aromatic N) is 6. The molecule has 0 atom stereocenters. The van der Waals surface area contributed by atoms with Gasteiger partial charge in [-0.1, -0.05) is 6.07 Å². The van der Waals surface area contributed by atoms with Gasteiger partial charge in [0.05, 0.1) is 16.8 Å². The van der Waals surface area contributed by atoms with E-state index < -0.39 is 10.8 Å². The maximum Gasteiger partial charge on any atom is 0.292 e. The topological polar surface area (TPSA) is 140 Å². The van der Waals surface area contributed by atoms with Crippen LogP contribution in [0.5, 0.6) is 0 Å². The van der Waals surface area contributed by atoms with E-state index in [-0.39, 0.29) is 5.69 Å². The van der Waals surface area contributed by atoms with E-state index in [2.05, 4.69) is 31.4 Å². The predicted molar refractivity (Wildman–Crippen MR) is 96.9 cm³/mol. The summed E-state index contributed by atoms with van der Waals surface area (Å²) in [6.45, 7) is 0. The average Bonchev–Trinajstić information content (AvgIpc) is 3.22. The third-order valence-electron chi connectivity index (χ3n) is 3.61. The van der Waals surface area contributed by atoms with Gasteiger partial charge in [0.15, 0.2) is 0 Å². The molecule has 3 aromatic rings. The van der Waals surface area contributed by atoms with E-state index in [1.54, 1.807) is 43.4 Å². The molecule has 0 fully saturated rings. The second-order valence-corrected chi connectivity index (χ2v) is 5.28. The number of benzene rings is 2. The summed E-state index contributed by atoms with van der Waals surface area (Å²) in [4.78, 5) is 22.7. The van der Waals surface area contributed by atoms with Gasteiger partial charge in [-0.3, -0.25) is 14.9 Å². The molecule has 136 valence electrons. The van der Waals surface area contributed by atoms with Crippen LogP contribution in [0.15, 0.2) is 53.9 Å². The predicted octanol–water partition coefficient (Wildman–Crippen LogP) is 1.38. The molecule has 0 radical (unpaired) electrons. The molecule has 27 heavy (non-hydrogen) atoms. The SMILES string of the molecule is CNc1ccc(/C=N/NC(=O)c2ccc(-n3cnnn3)cc2)cc1[N+](=O)[O-]. The Labute approximate surface area is 152 Å². The van der Waals surface area contributed by atoms with E-state index in [0.29, 0.717) is 22.5 Å². The molecule has 1 amide bonds. The van der Waals surface area contributed by atoms with E-state index in [1.807, 2.05) is 0 Å². The van der Waals surface area contributed by atoms with Gasteiger partial charge in [-0.05, 0) is 40.8 Å². The fourth-order valence-corrected chi connectivity index (χ4v) is 2.27. The van der Waals surface area contributed by atoms with Gasteiger partial charge in [0.2, 0.25) is 0 Å². The summed E-state index contributed by atoms with van der Waals surface area (Å²) in [5.41, 5.74) is 4.27. The first-order valence-electron chi connectivity index (χ1n) is 7.71. The van der Waals surface area contributed by atoms with Crippen molar-refractivity contribution in [1.82, 2.24) is 25.6 Å². The van der Waals surface area contributed by atoms with Crippen molar-refractivity contribution in [3.05, 3.63) is 70.0 Å². The van der Waals surface area contributed by atoms with E-state index in [4.69, 9.17) is 0 Å². The number of nitro benzene ring substituents is 1. The van der Waals surface area contributed by atoms with Crippen LogP contribution in [0.4, 0.5) is 11.4 Å². The van der Waals surface area contributed by atoms with Crippen LogP contribution in [0.2, 0.25) is 0 Å². The van der Waals surface area contributed by atoms with E-state index in [9.17, 15) is 14.9 Å². The van der Waals surface area contributed by atoms with Crippen molar-refractivity contribution < 1.29 is 9.72 Å². The molecule has 0 aliphatic heterocycles. The van der Waals surface area contributed by atoms with Gasteiger partial charge in [-0.25, -0.2) is 10.1 Å². The lowest BCUT2D eigenvalue weighted by atomic mass is 10.2. The zero-order valence-electron chi connectivity index (χ0n) is 14.1. The van der Waals surface area contributed by atoms with Crippen LogP contribution < -0.4 is 10.7 Å². The summed E-state index contributed by atoms with van der Waals surface area (Å²) in [7, 11) is 1.60. The van der Waals surface area contributed by atoms with Crippen molar-refractivity contribution >= 4 is 23.5 Å². The van der Waals surface area contributed by atoms with Gasteiger partial charge in [0, 0.05) is 24.2 Å². The highest BCUT2D eigenvalue weighted by molar-refractivity contribution is 5.95. The molecule has 0 aliphatic rings. The summed E-state index contributed by atoms with van der Waals surface area (Å²) in [6.07, 6.45) is 2.78. The first-order chi connectivity index (χ1) is 13.1. The normalized spacial score (nSPS) is 10.7. The number of carbonyl (C=O) groups excluding carboxylic acids is 1. The molecule has 0 saturated carbocycles. The summed E-state index contributed by atoms with van der Waals surface area (Å²) in [6, 6.07) is 11.2. The molecule has 1 heterocycles. The Morgan fingerprint density at radius 2 is 2.04 bits per heavy atom. The van der Waals surface area contributed by atoms with Gasteiger partial charge < -0.3 is 5.32 Å². The largest absolute Gasteiger partial charge is 0.383 e. The maximum atomic E-state index is 12.1. The molecule has 0 unspecified atom stereocenters. The summed E-state index contributed by atoms with van der Waals surface area (Å²) in [5, 5.41) is 28.5. The molecule has 11 nitrogen and oxygen atoms in total. The van der Waals surface area contributed by atoms with Crippen LogP contribution in [-0.2, 0) is 0 Å². The summed E-state index contributed by atoms with van der Waals surface area (Å²) < 4.78 is 1.46. The minimum absolute atomic E-state index is 0.0778. The Kier molecular flexibility index (Phi) is 5.12. The molecule has 2 aromatic carbocycles. The monoisotopic (exact) mass is 366 g/mol. The third-order valence-corrected chi connectivity index (χ3v) is 3.61. The highest BCUT2D eigenvalue weighted by Crippen LogP contribution is 2.24. The Hall–Kier alpha value is -4.15. The smallest absolute Gasteiger partial charge is 0.292 e. The number of tetrazole rings is 1. The van der Waals surface area contributed by atoms with Crippen LogP contribution in [0.3, 0.4) is 0 Å². The van der Waals surface area contributed by atoms with Crippen molar-refractivity contribution in [2.45, 2.75) is 0 Å². The summed E-state index contributed by atoms with van der Waals surface area (Å²) >= 11 is 0. The van der Waals surface area contributed by atoms with Crippen LogP contribution in [0.25, 0.3) is 5.69 Å². The van der Waals surface area contributed by atoms with Gasteiger partial charge in [-0.15, -0.1) is 5.10 Å². The van der Waals surface area contributed by atoms with Gasteiger partial charge in [0.25, 0.3) is 11.6 Å². The second kappa shape index (κ2) is 7.82. The van der Waals surface area contributed by atoms with Crippen molar-refractivity contribution in [3.8, 4) is 5.69 Å². The molecule has 1 aromatic heterocycles. The van der Waals surface area contributed by atoms with Gasteiger partial charge in [0.1, 0.15) is 12.0 Å². The van der Waals surface area contributed by atoms with Crippen molar-refractivity contribution in [2.24, 2.45) is 5.10 Å². The number of amides is 1. The molecule has 0 bridgehead atoms. The first kappa shape index (κ1) is 17.7. The van der Waals surface area contributed by atoms with Crippen LogP contribution in [-0.4, -0.2) is 44.3 Å². The zero-order chi connectivity index (χ0) is 19.2. The number of nitro groups is 1. The first-order valence-corrected chi connectivity index (χ1v) is 7.71. The number of rotatable bonds is 6. The number of aromatic nitrogens is 4. The molecule has 3 rings (SSSR count). The van der Waals surface area contributed by atoms with Gasteiger partial charge >= 0.3 is 0 Å². The molecule has 0 aliphatic carbocycles. The van der Waals surface area contributed by atoms with E-state index in [0.717, 1.165) is 0 Å². The summed E-state index contributed by atoms with van der Waals surface area (Å²) in [5.74, 6) is -0.420. The number of anilines is 1. The Bertz CT molecular complexity index is 983. The third kappa shape index (κ3) is 4.10. The van der Waals surface area contributed by atoms with Crippen LogP contribution >= 0.6 is 0 Å². The highest BCUT2D eigenvalue weighted by Gasteiger charge is 2.12. The Morgan fingerprint density at radius 1 is 1.26 bits per heavy atom. The van der Waals surface area contributed by atoms with Crippen molar-refractivity contribution in [2.75, 3.05) is 12.4 Å². The minimum Gasteiger partial charge on any atom is -0.383 e. The lowest BCUT2D eigenvalue weighted by Crippen LogP contribution is -2.17. The van der Waals surface area contributed by atoms with Crippen LogP contribution in [0.1, 0.15) is 15.9 Å².